The molecule has 0 saturated carbocycles. The van der Waals surface area contributed by atoms with E-state index < -0.39 is 0 Å². The second kappa shape index (κ2) is 6.36. The molecule has 4 rings (SSSR count). The van der Waals surface area contributed by atoms with Gasteiger partial charge in [0.05, 0.1) is 6.26 Å². The van der Waals surface area contributed by atoms with Crippen LogP contribution in [-0.4, -0.2) is 32.3 Å². The van der Waals surface area contributed by atoms with Crippen LogP contribution in [0.2, 0.25) is 0 Å². The predicted octanol–water partition coefficient (Wildman–Crippen LogP) is 2.77. The smallest absolute Gasteiger partial charge is 0.264 e. The summed E-state index contributed by atoms with van der Waals surface area (Å²) in [6.45, 7) is 1.88. The lowest BCUT2D eigenvalue weighted by Crippen LogP contribution is -2.20. The van der Waals surface area contributed by atoms with Crippen molar-refractivity contribution in [2.75, 3.05) is 11.9 Å². The maximum absolute atomic E-state index is 12.0. The second-order valence-corrected chi connectivity index (χ2v) is 6.21. The van der Waals surface area contributed by atoms with Crippen LogP contribution in [0.25, 0.3) is 16.5 Å². The third kappa shape index (κ3) is 3.22. The van der Waals surface area contributed by atoms with E-state index in [9.17, 15) is 4.79 Å². The molecule has 3 heterocycles. The maximum Gasteiger partial charge on any atom is 0.264 e. The van der Waals surface area contributed by atoms with Gasteiger partial charge in [-0.3, -0.25) is 10.1 Å². The van der Waals surface area contributed by atoms with Gasteiger partial charge in [-0.05, 0) is 31.2 Å². The zero-order valence-electron chi connectivity index (χ0n) is 13.2. The highest BCUT2D eigenvalue weighted by Crippen LogP contribution is 2.24. The molecule has 0 aliphatic carbocycles. The number of ether oxygens (including phenoxy) is 1. The van der Waals surface area contributed by atoms with Gasteiger partial charge in [-0.2, -0.15) is 4.52 Å². The lowest BCUT2D eigenvalue weighted by molar-refractivity contribution is -0.118. The Morgan fingerprint density at radius 3 is 2.88 bits per heavy atom. The van der Waals surface area contributed by atoms with E-state index in [2.05, 4.69) is 20.6 Å². The summed E-state index contributed by atoms with van der Waals surface area (Å²) in [5, 5.41) is 15.5. The first-order valence-corrected chi connectivity index (χ1v) is 8.26. The average molecular weight is 355 g/mol. The largest absolute Gasteiger partial charge is 0.484 e. The van der Waals surface area contributed by atoms with Gasteiger partial charge in [0.15, 0.2) is 12.4 Å². The van der Waals surface area contributed by atoms with Crippen LogP contribution in [0.4, 0.5) is 5.13 Å². The van der Waals surface area contributed by atoms with Crippen molar-refractivity contribution >= 4 is 27.3 Å². The molecule has 0 aliphatic heterocycles. The van der Waals surface area contributed by atoms with E-state index in [0.29, 0.717) is 27.4 Å². The highest BCUT2D eigenvalue weighted by Gasteiger charge is 2.16. The molecule has 0 bridgehead atoms. The molecule has 1 aromatic carbocycles. The summed E-state index contributed by atoms with van der Waals surface area (Å²) in [4.78, 5) is 12.6. The van der Waals surface area contributed by atoms with Crippen LogP contribution in [0.3, 0.4) is 0 Å². The first kappa shape index (κ1) is 15.3. The second-order valence-electron chi connectivity index (χ2n) is 5.25. The summed E-state index contributed by atoms with van der Waals surface area (Å²) >= 11 is 1.22. The zero-order valence-corrected chi connectivity index (χ0v) is 14.0. The van der Waals surface area contributed by atoms with Crippen LogP contribution in [-0.2, 0) is 4.79 Å². The maximum atomic E-state index is 12.0. The summed E-state index contributed by atoms with van der Waals surface area (Å²) in [7, 11) is 0. The minimum atomic E-state index is -0.301. The Morgan fingerprint density at radius 2 is 2.12 bits per heavy atom. The molecule has 0 atom stereocenters. The third-order valence-corrected chi connectivity index (χ3v) is 4.18. The monoisotopic (exact) mass is 355 g/mol. The van der Waals surface area contributed by atoms with Gasteiger partial charge < -0.3 is 9.15 Å². The number of hydrogen-bond donors (Lipinski definition) is 1. The van der Waals surface area contributed by atoms with E-state index in [1.165, 1.54) is 15.9 Å². The number of carbonyl (C=O) groups excluding carboxylic acids is 1. The van der Waals surface area contributed by atoms with Crippen LogP contribution in [0.1, 0.15) is 5.56 Å². The number of nitrogens with zero attached hydrogens (tertiary/aromatic N) is 4. The summed E-state index contributed by atoms with van der Waals surface area (Å²) in [5.41, 5.74) is 1.13. The van der Waals surface area contributed by atoms with Crippen molar-refractivity contribution < 1.29 is 13.9 Å². The number of benzene rings is 1. The van der Waals surface area contributed by atoms with Gasteiger partial charge >= 0.3 is 0 Å². The molecule has 9 heteroatoms. The van der Waals surface area contributed by atoms with Gasteiger partial charge in [-0.15, -0.1) is 15.3 Å². The minimum Gasteiger partial charge on any atom is -0.484 e. The summed E-state index contributed by atoms with van der Waals surface area (Å²) in [6, 6.07) is 11.0. The molecule has 4 aromatic rings. The number of amides is 1. The van der Waals surface area contributed by atoms with Crippen LogP contribution < -0.4 is 10.1 Å². The number of fused-ring (bicyclic) bond motifs is 1. The molecule has 0 aliphatic rings. The number of nitrogens with one attached hydrogen (secondary N) is 1. The lowest BCUT2D eigenvalue weighted by Gasteiger charge is -2.05. The van der Waals surface area contributed by atoms with Crippen molar-refractivity contribution in [2.24, 2.45) is 0 Å². The highest BCUT2D eigenvalue weighted by atomic mass is 32.1. The molecule has 8 nitrogen and oxygen atoms in total. The molecule has 0 unspecified atom stereocenters. The Hall–Kier alpha value is -3.20. The lowest BCUT2D eigenvalue weighted by atomic mass is 10.2. The Bertz CT molecular complexity index is 1000. The Labute approximate surface area is 146 Å². The van der Waals surface area contributed by atoms with Crippen molar-refractivity contribution in [3.05, 3.63) is 48.2 Å². The number of aryl methyl sites for hydroxylation is 1. The van der Waals surface area contributed by atoms with Gasteiger partial charge in [0, 0.05) is 0 Å². The van der Waals surface area contributed by atoms with E-state index in [4.69, 9.17) is 9.15 Å². The molecule has 3 aromatic heterocycles. The molecular weight excluding hydrogens is 342 g/mol. The number of carbonyl (C=O) groups is 1. The van der Waals surface area contributed by atoms with Crippen LogP contribution >= 0.6 is 11.3 Å². The van der Waals surface area contributed by atoms with Crippen molar-refractivity contribution in [1.82, 2.24) is 19.8 Å². The Kier molecular flexibility index (Phi) is 3.90. The summed E-state index contributed by atoms with van der Waals surface area (Å²) < 4.78 is 12.3. The fourth-order valence-electron chi connectivity index (χ4n) is 2.17. The van der Waals surface area contributed by atoms with Gasteiger partial charge in [0.25, 0.3) is 5.91 Å². The van der Waals surface area contributed by atoms with Gasteiger partial charge in [0.1, 0.15) is 5.75 Å². The standard InChI is InChI=1S/C16H13N5O3S/c1-10-4-6-11(7-5-10)24-9-13(22)17-15-20-21-14(12-3-2-8-23-12)18-19-16(21)25-15/h2-8H,9H2,1H3,(H,17,20,22). The van der Waals surface area contributed by atoms with Crippen LogP contribution in [0, 0.1) is 6.92 Å². The quantitative estimate of drug-likeness (QED) is 0.591. The van der Waals surface area contributed by atoms with Crippen LogP contribution in [0.5, 0.6) is 5.75 Å². The number of aromatic nitrogens is 4. The van der Waals surface area contributed by atoms with Crippen molar-refractivity contribution in [3.63, 3.8) is 0 Å². The van der Waals surface area contributed by atoms with Crippen molar-refractivity contribution in [2.45, 2.75) is 6.92 Å². The number of hydrogen-bond acceptors (Lipinski definition) is 7. The number of anilines is 1. The summed E-state index contributed by atoms with van der Waals surface area (Å²) in [6.07, 6.45) is 1.55. The van der Waals surface area contributed by atoms with E-state index in [1.54, 1.807) is 18.4 Å². The van der Waals surface area contributed by atoms with E-state index in [0.717, 1.165) is 5.56 Å². The zero-order chi connectivity index (χ0) is 17.2. The molecule has 126 valence electrons. The van der Waals surface area contributed by atoms with Gasteiger partial charge in [-0.25, -0.2) is 0 Å². The molecular formula is C16H13N5O3S. The van der Waals surface area contributed by atoms with E-state index in [1.807, 2.05) is 31.2 Å². The SMILES string of the molecule is Cc1ccc(OCC(=O)Nc2nn3c(-c4ccco4)nnc3s2)cc1. The minimum absolute atomic E-state index is 0.103. The van der Waals surface area contributed by atoms with Crippen molar-refractivity contribution in [1.29, 1.82) is 0 Å². The highest BCUT2D eigenvalue weighted by molar-refractivity contribution is 7.20. The first-order chi connectivity index (χ1) is 12.2. The molecule has 25 heavy (non-hydrogen) atoms. The topological polar surface area (TPSA) is 94.5 Å². The average Bonchev–Trinajstić information content (AvgIpc) is 3.31. The molecule has 0 saturated heterocycles. The summed E-state index contributed by atoms with van der Waals surface area (Å²) in [5.74, 6) is 1.37. The fraction of sp³-hybridized carbons (Fsp3) is 0.125. The third-order valence-electron chi connectivity index (χ3n) is 3.37. The Balaban J connectivity index is 1.43. The number of rotatable bonds is 5. The molecule has 0 fully saturated rings. The van der Waals surface area contributed by atoms with Crippen molar-refractivity contribution in [3.8, 4) is 17.3 Å². The number of furan rings is 1. The molecule has 0 spiro atoms. The van der Waals surface area contributed by atoms with Gasteiger partial charge in [-0.1, -0.05) is 29.0 Å². The normalized spacial score (nSPS) is 10.9. The first-order valence-electron chi connectivity index (χ1n) is 7.44. The van der Waals surface area contributed by atoms with Crippen LogP contribution in [0.15, 0.2) is 47.1 Å². The predicted molar refractivity (Wildman–Crippen MR) is 91.7 cm³/mol. The van der Waals surface area contributed by atoms with E-state index >= 15 is 0 Å². The molecule has 1 amide bonds. The van der Waals surface area contributed by atoms with E-state index in [-0.39, 0.29) is 12.5 Å². The Morgan fingerprint density at radius 1 is 1.28 bits per heavy atom. The van der Waals surface area contributed by atoms with Gasteiger partial charge in [0.2, 0.25) is 15.9 Å². The fourth-order valence-corrected chi connectivity index (χ4v) is 2.92. The molecule has 0 radical (unpaired) electrons. The molecule has 1 N–H and O–H groups in total.